The highest BCUT2D eigenvalue weighted by Gasteiger charge is 2.22. The van der Waals surface area contributed by atoms with Crippen LogP contribution in [0, 0.1) is 0 Å². The van der Waals surface area contributed by atoms with Crippen LogP contribution in [0.25, 0.3) is 16.3 Å². The second-order valence-corrected chi connectivity index (χ2v) is 8.86. The SMILES string of the molecule is CSc1ccc2nc(N3CCN(C(=O)C=Cc4cccs4)CC3)sc2c1. The molecule has 4 rings (SSSR count). The molecule has 1 aliphatic heterocycles. The lowest BCUT2D eigenvalue weighted by molar-refractivity contribution is -0.126. The van der Waals surface area contributed by atoms with Gasteiger partial charge in [-0.15, -0.1) is 23.1 Å². The first-order valence-electron chi connectivity index (χ1n) is 8.43. The molecule has 0 radical (unpaired) electrons. The lowest BCUT2D eigenvalue weighted by Gasteiger charge is -2.34. The van der Waals surface area contributed by atoms with Crippen molar-refractivity contribution in [3.8, 4) is 0 Å². The maximum absolute atomic E-state index is 12.4. The van der Waals surface area contributed by atoms with Gasteiger partial charge in [-0.3, -0.25) is 4.79 Å². The Hall–Kier alpha value is -1.83. The van der Waals surface area contributed by atoms with Gasteiger partial charge in [0, 0.05) is 42.0 Å². The minimum atomic E-state index is 0.0898. The van der Waals surface area contributed by atoms with E-state index in [2.05, 4.69) is 29.4 Å². The number of carbonyl (C=O) groups excluding carboxylic acids is 1. The number of benzene rings is 1. The molecule has 1 aliphatic rings. The van der Waals surface area contributed by atoms with Gasteiger partial charge < -0.3 is 9.80 Å². The zero-order chi connectivity index (χ0) is 17.9. The summed E-state index contributed by atoms with van der Waals surface area (Å²) in [6, 6.07) is 10.4. The molecule has 0 saturated carbocycles. The number of anilines is 1. The van der Waals surface area contributed by atoms with Gasteiger partial charge in [-0.25, -0.2) is 4.98 Å². The smallest absolute Gasteiger partial charge is 0.246 e. The molecule has 1 amide bonds. The number of rotatable bonds is 4. The number of hydrogen-bond donors (Lipinski definition) is 0. The maximum Gasteiger partial charge on any atom is 0.246 e. The Labute approximate surface area is 165 Å². The third-order valence-electron chi connectivity index (χ3n) is 4.38. The number of thiophene rings is 1. The lowest BCUT2D eigenvalue weighted by atomic mass is 10.3. The van der Waals surface area contributed by atoms with Crippen LogP contribution in [-0.2, 0) is 4.79 Å². The van der Waals surface area contributed by atoms with Crippen molar-refractivity contribution < 1.29 is 4.79 Å². The Morgan fingerprint density at radius 2 is 2.08 bits per heavy atom. The van der Waals surface area contributed by atoms with E-state index in [4.69, 9.17) is 4.98 Å². The molecule has 0 aliphatic carbocycles. The van der Waals surface area contributed by atoms with Gasteiger partial charge in [-0.1, -0.05) is 17.4 Å². The Kier molecular flexibility index (Phi) is 5.28. The first-order valence-corrected chi connectivity index (χ1v) is 11.3. The summed E-state index contributed by atoms with van der Waals surface area (Å²) in [6.07, 6.45) is 5.67. The number of piperazine rings is 1. The standard InChI is InChI=1S/C19H19N3OS3/c1-24-15-4-6-16-17(13-15)26-19(20-16)22-10-8-21(9-11-22)18(23)7-5-14-3-2-12-25-14/h2-7,12-13H,8-11H2,1H3. The number of fused-ring (bicyclic) bond motifs is 1. The topological polar surface area (TPSA) is 36.4 Å². The van der Waals surface area contributed by atoms with Crippen LogP contribution in [0.15, 0.2) is 46.7 Å². The molecule has 3 aromatic rings. The monoisotopic (exact) mass is 401 g/mol. The number of hydrogen-bond acceptors (Lipinski definition) is 6. The molecule has 1 saturated heterocycles. The second-order valence-electron chi connectivity index (χ2n) is 5.99. The van der Waals surface area contributed by atoms with Gasteiger partial charge >= 0.3 is 0 Å². The predicted molar refractivity (Wildman–Crippen MR) is 114 cm³/mol. The number of thiazole rings is 1. The molecule has 134 valence electrons. The fourth-order valence-corrected chi connectivity index (χ4v) is 5.11. The van der Waals surface area contributed by atoms with Crippen LogP contribution in [0.1, 0.15) is 4.88 Å². The first kappa shape index (κ1) is 17.6. The highest BCUT2D eigenvalue weighted by molar-refractivity contribution is 7.98. The molecule has 0 N–H and O–H groups in total. The quantitative estimate of drug-likeness (QED) is 0.478. The lowest BCUT2D eigenvalue weighted by Crippen LogP contribution is -2.48. The van der Waals surface area contributed by atoms with E-state index in [1.807, 2.05) is 28.5 Å². The molecule has 26 heavy (non-hydrogen) atoms. The normalized spacial score (nSPS) is 15.3. The maximum atomic E-state index is 12.4. The zero-order valence-corrected chi connectivity index (χ0v) is 16.9. The number of carbonyl (C=O) groups is 1. The molecule has 0 bridgehead atoms. The fraction of sp³-hybridized carbons (Fsp3) is 0.263. The van der Waals surface area contributed by atoms with Crippen molar-refractivity contribution in [2.45, 2.75) is 4.90 Å². The molecule has 4 nitrogen and oxygen atoms in total. The summed E-state index contributed by atoms with van der Waals surface area (Å²) in [7, 11) is 0. The average molecular weight is 402 g/mol. The zero-order valence-electron chi connectivity index (χ0n) is 14.4. The van der Waals surface area contributed by atoms with Crippen molar-refractivity contribution in [2.75, 3.05) is 37.3 Å². The van der Waals surface area contributed by atoms with E-state index >= 15 is 0 Å². The largest absolute Gasteiger partial charge is 0.345 e. The van der Waals surface area contributed by atoms with E-state index in [0.29, 0.717) is 0 Å². The van der Waals surface area contributed by atoms with Crippen molar-refractivity contribution in [3.63, 3.8) is 0 Å². The summed E-state index contributed by atoms with van der Waals surface area (Å²) < 4.78 is 1.23. The van der Waals surface area contributed by atoms with Gasteiger partial charge in [0.1, 0.15) is 0 Å². The van der Waals surface area contributed by atoms with Crippen molar-refractivity contribution in [1.82, 2.24) is 9.88 Å². The molecule has 0 atom stereocenters. The Balaban J connectivity index is 1.39. The third-order valence-corrected chi connectivity index (χ3v) is 7.02. The van der Waals surface area contributed by atoms with E-state index in [-0.39, 0.29) is 5.91 Å². The highest BCUT2D eigenvalue weighted by atomic mass is 32.2. The van der Waals surface area contributed by atoms with E-state index in [9.17, 15) is 4.79 Å². The molecule has 0 unspecified atom stereocenters. The highest BCUT2D eigenvalue weighted by Crippen LogP contribution is 2.32. The van der Waals surface area contributed by atoms with Crippen LogP contribution in [0.3, 0.4) is 0 Å². The Bertz CT molecular complexity index is 925. The van der Waals surface area contributed by atoms with Gasteiger partial charge in [0.2, 0.25) is 5.91 Å². The van der Waals surface area contributed by atoms with Crippen LogP contribution in [0.5, 0.6) is 0 Å². The van der Waals surface area contributed by atoms with E-state index in [1.54, 1.807) is 40.5 Å². The van der Waals surface area contributed by atoms with Gasteiger partial charge in [0.15, 0.2) is 5.13 Å². The summed E-state index contributed by atoms with van der Waals surface area (Å²) in [4.78, 5) is 23.7. The molecule has 3 heterocycles. The molecular weight excluding hydrogens is 382 g/mol. The summed E-state index contributed by atoms with van der Waals surface area (Å²) in [5.41, 5.74) is 1.06. The van der Waals surface area contributed by atoms with Crippen molar-refractivity contribution in [3.05, 3.63) is 46.7 Å². The predicted octanol–water partition coefficient (Wildman–Crippen LogP) is 4.44. The van der Waals surface area contributed by atoms with Gasteiger partial charge in [0.05, 0.1) is 10.2 Å². The number of aromatic nitrogens is 1. The van der Waals surface area contributed by atoms with Crippen LogP contribution in [-0.4, -0.2) is 48.2 Å². The van der Waals surface area contributed by atoms with Gasteiger partial charge in [0.25, 0.3) is 0 Å². The Morgan fingerprint density at radius 3 is 2.81 bits per heavy atom. The third kappa shape index (κ3) is 3.79. The molecular formula is C19H19N3OS3. The van der Waals surface area contributed by atoms with Crippen LogP contribution >= 0.6 is 34.4 Å². The summed E-state index contributed by atoms with van der Waals surface area (Å²) in [5, 5.41) is 3.07. The summed E-state index contributed by atoms with van der Waals surface area (Å²) >= 11 is 5.13. The molecule has 1 aromatic carbocycles. The number of thioether (sulfide) groups is 1. The van der Waals surface area contributed by atoms with E-state index in [0.717, 1.165) is 41.7 Å². The number of amides is 1. The first-order chi connectivity index (χ1) is 12.7. The van der Waals surface area contributed by atoms with Gasteiger partial charge in [-0.2, -0.15) is 0 Å². The van der Waals surface area contributed by atoms with Crippen LogP contribution in [0.4, 0.5) is 5.13 Å². The van der Waals surface area contributed by atoms with Crippen molar-refractivity contribution in [1.29, 1.82) is 0 Å². The second kappa shape index (κ2) is 7.82. The van der Waals surface area contributed by atoms with Crippen LogP contribution < -0.4 is 4.90 Å². The van der Waals surface area contributed by atoms with Crippen molar-refractivity contribution >= 4 is 61.8 Å². The number of nitrogens with zero attached hydrogens (tertiary/aromatic N) is 3. The summed E-state index contributed by atoms with van der Waals surface area (Å²) in [6.45, 7) is 3.13. The van der Waals surface area contributed by atoms with Crippen LogP contribution in [0.2, 0.25) is 0 Å². The van der Waals surface area contributed by atoms with Crippen molar-refractivity contribution in [2.24, 2.45) is 0 Å². The minimum absolute atomic E-state index is 0.0898. The molecule has 0 spiro atoms. The van der Waals surface area contributed by atoms with E-state index in [1.165, 1.54) is 9.60 Å². The Morgan fingerprint density at radius 1 is 1.23 bits per heavy atom. The fourth-order valence-electron chi connectivity index (χ4n) is 2.92. The molecule has 1 fully saturated rings. The summed E-state index contributed by atoms with van der Waals surface area (Å²) in [5.74, 6) is 0.0898. The minimum Gasteiger partial charge on any atom is -0.345 e. The van der Waals surface area contributed by atoms with Gasteiger partial charge in [-0.05, 0) is 42.0 Å². The average Bonchev–Trinajstić information content (AvgIpc) is 3.35. The molecule has 2 aromatic heterocycles. The van der Waals surface area contributed by atoms with E-state index < -0.39 is 0 Å². The molecule has 7 heteroatoms.